The van der Waals surface area contributed by atoms with Crippen LogP contribution >= 0.6 is 12.4 Å². The summed E-state index contributed by atoms with van der Waals surface area (Å²) in [6.07, 6.45) is 1.09. The van der Waals surface area contributed by atoms with Crippen LogP contribution in [0.5, 0.6) is 0 Å². The Morgan fingerprint density at radius 2 is 2.40 bits per heavy atom. The zero-order valence-corrected chi connectivity index (χ0v) is 6.74. The number of halogens is 1. The van der Waals surface area contributed by atoms with E-state index in [0.717, 1.165) is 19.5 Å². The van der Waals surface area contributed by atoms with Crippen LogP contribution in [0.4, 0.5) is 0 Å². The molecule has 0 aromatic rings. The summed E-state index contributed by atoms with van der Waals surface area (Å²) >= 11 is 0. The van der Waals surface area contributed by atoms with Crippen molar-refractivity contribution in [3.63, 3.8) is 0 Å². The maximum Gasteiger partial charge on any atom is 0.302 e. The molecule has 1 saturated heterocycles. The highest BCUT2D eigenvalue weighted by atomic mass is 35.5. The quantitative estimate of drug-likeness (QED) is 0.570. The van der Waals surface area contributed by atoms with Gasteiger partial charge in [0.05, 0.1) is 0 Å². The lowest BCUT2D eigenvalue weighted by Crippen LogP contribution is -2.18. The van der Waals surface area contributed by atoms with Gasteiger partial charge in [0, 0.05) is 13.5 Å². The van der Waals surface area contributed by atoms with Gasteiger partial charge >= 0.3 is 5.97 Å². The number of esters is 1. The predicted molar refractivity (Wildman–Crippen MR) is 40.3 cm³/mol. The fraction of sp³-hybridized carbons (Fsp3) is 0.833. The van der Waals surface area contributed by atoms with E-state index in [2.05, 4.69) is 5.32 Å². The molecule has 0 aliphatic carbocycles. The smallest absolute Gasteiger partial charge is 0.302 e. The highest BCUT2D eigenvalue weighted by Crippen LogP contribution is 2.02. The molecule has 0 spiro atoms. The minimum atomic E-state index is -0.177. The van der Waals surface area contributed by atoms with Crippen molar-refractivity contribution in [3.8, 4) is 0 Å². The molecule has 0 bridgehead atoms. The first-order valence-corrected chi connectivity index (χ1v) is 3.17. The summed E-state index contributed by atoms with van der Waals surface area (Å²) in [5, 5.41) is 3.10. The average molecular weight is 166 g/mol. The van der Waals surface area contributed by atoms with E-state index in [0.29, 0.717) is 0 Å². The standard InChI is InChI=1S/C6H11NO2.ClH/c1-5(8)9-6-2-3-7-4-6;/h6-7H,2-4H2,1H3;1H/t6-;/m0./s1. The first-order valence-electron chi connectivity index (χ1n) is 3.17. The van der Waals surface area contributed by atoms with Crippen LogP contribution in [0.15, 0.2) is 0 Å². The van der Waals surface area contributed by atoms with Crippen LogP contribution in [-0.4, -0.2) is 25.2 Å². The summed E-state index contributed by atoms with van der Waals surface area (Å²) in [4.78, 5) is 10.3. The third kappa shape index (κ3) is 3.03. The predicted octanol–water partition coefficient (Wildman–Crippen LogP) is 0.333. The van der Waals surface area contributed by atoms with Crippen LogP contribution in [0.25, 0.3) is 0 Å². The van der Waals surface area contributed by atoms with Gasteiger partial charge in [0.1, 0.15) is 6.10 Å². The molecule has 0 aromatic carbocycles. The molecule has 1 heterocycles. The van der Waals surface area contributed by atoms with Gasteiger partial charge in [0.25, 0.3) is 0 Å². The summed E-state index contributed by atoms with van der Waals surface area (Å²) in [5.74, 6) is -0.177. The van der Waals surface area contributed by atoms with E-state index in [9.17, 15) is 4.79 Å². The highest BCUT2D eigenvalue weighted by Gasteiger charge is 2.15. The van der Waals surface area contributed by atoms with Crippen LogP contribution in [0, 0.1) is 0 Å². The van der Waals surface area contributed by atoms with Crippen molar-refractivity contribution in [2.24, 2.45) is 0 Å². The molecule has 60 valence electrons. The maximum atomic E-state index is 10.3. The van der Waals surface area contributed by atoms with Crippen molar-refractivity contribution in [3.05, 3.63) is 0 Å². The van der Waals surface area contributed by atoms with E-state index in [-0.39, 0.29) is 24.5 Å². The lowest BCUT2D eigenvalue weighted by atomic mass is 10.3. The van der Waals surface area contributed by atoms with Crippen LogP contribution < -0.4 is 5.32 Å². The number of hydrogen-bond donors (Lipinski definition) is 1. The monoisotopic (exact) mass is 165 g/mol. The van der Waals surface area contributed by atoms with Gasteiger partial charge in [-0.05, 0) is 13.0 Å². The summed E-state index contributed by atoms with van der Waals surface area (Å²) in [5.41, 5.74) is 0. The van der Waals surface area contributed by atoms with Gasteiger partial charge in [0.15, 0.2) is 0 Å². The molecular formula is C6H12ClNO2. The largest absolute Gasteiger partial charge is 0.461 e. The molecule has 1 fully saturated rings. The first kappa shape index (κ1) is 9.72. The fourth-order valence-electron chi connectivity index (χ4n) is 0.963. The lowest BCUT2D eigenvalue weighted by molar-refractivity contribution is -0.145. The minimum Gasteiger partial charge on any atom is -0.461 e. The van der Waals surface area contributed by atoms with Crippen molar-refractivity contribution < 1.29 is 9.53 Å². The molecule has 1 rings (SSSR count). The van der Waals surface area contributed by atoms with Gasteiger partial charge in [-0.2, -0.15) is 0 Å². The number of nitrogens with one attached hydrogen (secondary N) is 1. The van der Waals surface area contributed by atoms with E-state index in [4.69, 9.17) is 4.74 Å². The molecule has 0 unspecified atom stereocenters. The second-order valence-corrected chi connectivity index (χ2v) is 2.22. The van der Waals surface area contributed by atoms with Crippen LogP contribution in [-0.2, 0) is 9.53 Å². The fourth-order valence-corrected chi connectivity index (χ4v) is 0.963. The van der Waals surface area contributed by atoms with Crippen molar-refractivity contribution in [2.75, 3.05) is 13.1 Å². The van der Waals surface area contributed by atoms with Gasteiger partial charge in [-0.3, -0.25) is 4.79 Å². The van der Waals surface area contributed by atoms with E-state index in [1.807, 2.05) is 0 Å². The van der Waals surface area contributed by atoms with Crippen molar-refractivity contribution in [1.82, 2.24) is 5.32 Å². The third-order valence-electron chi connectivity index (χ3n) is 1.35. The van der Waals surface area contributed by atoms with Crippen LogP contribution in [0.1, 0.15) is 13.3 Å². The molecule has 10 heavy (non-hydrogen) atoms. The molecule has 0 amide bonds. The Kier molecular flexibility index (Phi) is 4.40. The van der Waals surface area contributed by atoms with E-state index in [1.54, 1.807) is 0 Å². The van der Waals surface area contributed by atoms with Crippen molar-refractivity contribution in [2.45, 2.75) is 19.4 Å². The van der Waals surface area contributed by atoms with Crippen LogP contribution in [0.2, 0.25) is 0 Å². The second kappa shape index (κ2) is 4.52. The lowest BCUT2D eigenvalue weighted by Gasteiger charge is -2.06. The van der Waals surface area contributed by atoms with Gasteiger partial charge in [-0.25, -0.2) is 0 Å². The Balaban J connectivity index is 0.000000810. The first-order chi connectivity index (χ1) is 4.29. The second-order valence-electron chi connectivity index (χ2n) is 2.22. The minimum absolute atomic E-state index is 0. The van der Waals surface area contributed by atoms with Crippen molar-refractivity contribution in [1.29, 1.82) is 0 Å². The van der Waals surface area contributed by atoms with E-state index in [1.165, 1.54) is 6.92 Å². The topological polar surface area (TPSA) is 38.3 Å². The highest BCUT2D eigenvalue weighted by molar-refractivity contribution is 5.85. The summed E-state index contributed by atoms with van der Waals surface area (Å²) in [7, 11) is 0. The number of carbonyl (C=O) groups excluding carboxylic acids is 1. The van der Waals surface area contributed by atoms with Crippen LogP contribution in [0.3, 0.4) is 0 Å². The molecule has 1 aliphatic rings. The number of rotatable bonds is 1. The Morgan fingerprint density at radius 1 is 1.70 bits per heavy atom. The molecule has 1 atom stereocenters. The molecule has 0 radical (unpaired) electrons. The zero-order valence-electron chi connectivity index (χ0n) is 5.92. The van der Waals surface area contributed by atoms with Gasteiger partial charge < -0.3 is 10.1 Å². The number of carbonyl (C=O) groups is 1. The SMILES string of the molecule is CC(=O)O[C@H]1CCNC1.Cl. The number of ether oxygens (including phenoxy) is 1. The maximum absolute atomic E-state index is 10.3. The Hall–Kier alpha value is -0.280. The summed E-state index contributed by atoms with van der Waals surface area (Å²) in [6, 6.07) is 0. The average Bonchev–Trinajstić information content (AvgIpc) is 2.15. The summed E-state index contributed by atoms with van der Waals surface area (Å²) in [6.45, 7) is 3.23. The molecule has 1 N–H and O–H groups in total. The molecule has 0 saturated carbocycles. The van der Waals surface area contributed by atoms with Gasteiger partial charge in [0.2, 0.25) is 0 Å². The zero-order chi connectivity index (χ0) is 6.69. The molecule has 4 heteroatoms. The molecule has 1 aliphatic heterocycles. The Bertz CT molecular complexity index is 112. The van der Waals surface area contributed by atoms with Crippen molar-refractivity contribution >= 4 is 18.4 Å². The molecule has 0 aromatic heterocycles. The Labute approximate surface area is 66.5 Å². The third-order valence-corrected chi connectivity index (χ3v) is 1.35. The number of hydrogen-bond acceptors (Lipinski definition) is 3. The molecule has 3 nitrogen and oxygen atoms in total. The van der Waals surface area contributed by atoms with E-state index >= 15 is 0 Å². The van der Waals surface area contributed by atoms with Gasteiger partial charge in [-0.15, -0.1) is 12.4 Å². The Morgan fingerprint density at radius 3 is 2.80 bits per heavy atom. The van der Waals surface area contributed by atoms with Gasteiger partial charge in [-0.1, -0.05) is 0 Å². The van der Waals surface area contributed by atoms with E-state index < -0.39 is 0 Å². The normalized spacial score (nSPS) is 23.5. The summed E-state index contributed by atoms with van der Waals surface area (Å²) < 4.78 is 4.91. The molecular weight excluding hydrogens is 154 g/mol.